The van der Waals surface area contributed by atoms with Crippen molar-refractivity contribution in [1.82, 2.24) is 4.90 Å². The Labute approximate surface area is 185 Å². The van der Waals surface area contributed by atoms with Crippen LogP contribution in [-0.2, 0) is 16.1 Å². The Morgan fingerprint density at radius 2 is 1.84 bits per heavy atom. The first-order valence-corrected chi connectivity index (χ1v) is 10.6. The quantitative estimate of drug-likeness (QED) is 0.570. The van der Waals surface area contributed by atoms with Crippen LogP contribution >= 0.6 is 0 Å². The van der Waals surface area contributed by atoms with Crippen molar-refractivity contribution in [2.24, 2.45) is 0 Å². The predicted molar refractivity (Wildman–Crippen MR) is 124 cm³/mol. The van der Waals surface area contributed by atoms with E-state index in [9.17, 15) is 4.79 Å². The Morgan fingerprint density at radius 1 is 1.10 bits per heavy atom. The summed E-state index contributed by atoms with van der Waals surface area (Å²) in [5.74, 6) is 1.25. The topological polar surface area (TPSA) is 51.2 Å². The van der Waals surface area contributed by atoms with Gasteiger partial charge >= 0.3 is 0 Å². The molecule has 6 heteroatoms. The molecule has 0 radical (unpaired) electrons. The highest BCUT2D eigenvalue weighted by Gasteiger charge is 2.22. The number of rotatable bonds is 9. The molecule has 0 aliphatic carbocycles. The molecule has 0 aromatic heterocycles. The first kappa shape index (κ1) is 22.7. The van der Waals surface area contributed by atoms with E-state index in [2.05, 4.69) is 29.2 Å². The lowest BCUT2D eigenvalue weighted by Crippen LogP contribution is -2.35. The molecule has 1 unspecified atom stereocenters. The maximum Gasteiger partial charge on any atom is 0.246 e. The van der Waals surface area contributed by atoms with Gasteiger partial charge in [0.25, 0.3) is 0 Å². The zero-order valence-corrected chi connectivity index (χ0v) is 18.8. The van der Waals surface area contributed by atoms with Gasteiger partial charge in [-0.2, -0.15) is 0 Å². The minimum Gasteiger partial charge on any atom is -0.493 e. The van der Waals surface area contributed by atoms with Crippen LogP contribution in [0.5, 0.6) is 11.5 Å². The van der Waals surface area contributed by atoms with Crippen molar-refractivity contribution in [2.45, 2.75) is 25.5 Å². The largest absolute Gasteiger partial charge is 0.493 e. The third kappa shape index (κ3) is 6.25. The molecule has 2 aromatic carbocycles. The first-order chi connectivity index (χ1) is 15.0. The Hall–Kier alpha value is -2.99. The summed E-state index contributed by atoms with van der Waals surface area (Å²) >= 11 is 0. The monoisotopic (exact) mass is 424 g/mol. The lowest BCUT2D eigenvalue weighted by atomic mass is 10.1. The highest BCUT2D eigenvalue weighted by molar-refractivity contribution is 5.92. The zero-order chi connectivity index (χ0) is 22.2. The minimum atomic E-state index is -0.0398. The van der Waals surface area contributed by atoms with Gasteiger partial charge in [-0.05, 0) is 54.3 Å². The average molecular weight is 425 g/mol. The maximum atomic E-state index is 13.1. The molecule has 0 N–H and O–H groups in total. The number of carbonyl (C=O) groups excluding carboxylic acids is 1. The number of nitrogens with zero attached hydrogens (tertiary/aromatic N) is 2. The van der Waals surface area contributed by atoms with Gasteiger partial charge in [-0.1, -0.05) is 18.2 Å². The summed E-state index contributed by atoms with van der Waals surface area (Å²) in [6.07, 6.45) is 5.56. The van der Waals surface area contributed by atoms with Crippen molar-refractivity contribution in [3.63, 3.8) is 0 Å². The van der Waals surface area contributed by atoms with Crippen molar-refractivity contribution in [3.8, 4) is 11.5 Å². The van der Waals surface area contributed by atoms with Crippen molar-refractivity contribution in [3.05, 3.63) is 59.7 Å². The van der Waals surface area contributed by atoms with E-state index in [0.29, 0.717) is 24.6 Å². The fourth-order valence-corrected chi connectivity index (χ4v) is 3.62. The summed E-state index contributed by atoms with van der Waals surface area (Å²) in [5, 5.41) is 0. The van der Waals surface area contributed by atoms with Gasteiger partial charge in [-0.25, -0.2) is 0 Å². The molecule has 0 bridgehead atoms. The maximum absolute atomic E-state index is 13.1. The molecule has 6 nitrogen and oxygen atoms in total. The second-order valence-electron chi connectivity index (χ2n) is 7.86. The first-order valence-electron chi connectivity index (χ1n) is 10.6. The number of carbonyl (C=O) groups is 1. The van der Waals surface area contributed by atoms with Crippen LogP contribution < -0.4 is 14.4 Å². The van der Waals surface area contributed by atoms with E-state index in [-0.39, 0.29) is 12.0 Å². The highest BCUT2D eigenvalue weighted by Crippen LogP contribution is 2.28. The molecule has 1 heterocycles. The SMILES string of the molecule is COc1ccc(/C=C/C(=O)N(Cc2ccc(N(C)C)cc2)CC2CCCO2)cc1OC. The van der Waals surface area contributed by atoms with E-state index in [1.165, 1.54) is 0 Å². The molecule has 1 saturated heterocycles. The van der Waals surface area contributed by atoms with Crippen LogP contribution in [0, 0.1) is 0 Å². The van der Waals surface area contributed by atoms with Crippen LogP contribution in [0.25, 0.3) is 6.08 Å². The van der Waals surface area contributed by atoms with Crippen LogP contribution in [0.4, 0.5) is 5.69 Å². The summed E-state index contributed by atoms with van der Waals surface area (Å²) in [4.78, 5) is 17.0. The smallest absolute Gasteiger partial charge is 0.246 e. The number of methoxy groups -OCH3 is 2. The second-order valence-corrected chi connectivity index (χ2v) is 7.86. The minimum absolute atomic E-state index is 0.0398. The fraction of sp³-hybridized carbons (Fsp3) is 0.400. The molecule has 1 amide bonds. The van der Waals surface area contributed by atoms with E-state index in [0.717, 1.165) is 36.3 Å². The van der Waals surface area contributed by atoms with Crippen LogP contribution in [0.2, 0.25) is 0 Å². The number of ether oxygens (including phenoxy) is 3. The molecule has 166 valence electrons. The normalized spacial score (nSPS) is 15.8. The Morgan fingerprint density at radius 3 is 2.45 bits per heavy atom. The van der Waals surface area contributed by atoms with E-state index in [1.54, 1.807) is 20.3 Å². The third-order valence-electron chi connectivity index (χ3n) is 5.41. The Kier molecular flexibility index (Phi) is 7.95. The summed E-state index contributed by atoms with van der Waals surface area (Å²) in [6, 6.07) is 13.9. The molecule has 1 aliphatic rings. The van der Waals surface area contributed by atoms with Gasteiger partial charge in [-0.3, -0.25) is 4.79 Å². The number of hydrogen-bond acceptors (Lipinski definition) is 5. The summed E-state index contributed by atoms with van der Waals surface area (Å²) in [5.41, 5.74) is 3.10. The van der Waals surface area contributed by atoms with E-state index in [4.69, 9.17) is 14.2 Å². The lowest BCUT2D eigenvalue weighted by molar-refractivity contribution is -0.128. The van der Waals surface area contributed by atoms with Crippen molar-refractivity contribution in [2.75, 3.05) is 46.4 Å². The van der Waals surface area contributed by atoms with Gasteiger partial charge in [0.05, 0.1) is 20.3 Å². The zero-order valence-electron chi connectivity index (χ0n) is 18.8. The van der Waals surface area contributed by atoms with Crippen molar-refractivity contribution < 1.29 is 19.0 Å². The Bertz CT molecular complexity index is 887. The highest BCUT2D eigenvalue weighted by atomic mass is 16.5. The van der Waals surface area contributed by atoms with Gasteiger partial charge in [0.2, 0.25) is 5.91 Å². The molecule has 31 heavy (non-hydrogen) atoms. The fourth-order valence-electron chi connectivity index (χ4n) is 3.62. The molecular weight excluding hydrogens is 392 g/mol. The summed E-state index contributed by atoms with van der Waals surface area (Å²) in [7, 11) is 7.23. The van der Waals surface area contributed by atoms with Gasteiger partial charge in [-0.15, -0.1) is 0 Å². The molecule has 3 rings (SSSR count). The average Bonchev–Trinajstić information content (AvgIpc) is 3.30. The van der Waals surface area contributed by atoms with Gasteiger partial charge in [0, 0.05) is 45.6 Å². The number of amides is 1. The summed E-state index contributed by atoms with van der Waals surface area (Å²) in [6.45, 7) is 1.90. The van der Waals surface area contributed by atoms with Gasteiger partial charge in [0.15, 0.2) is 11.5 Å². The second kappa shape index (κ2) is 10.9. The van der Waals surface area contributed by atoms with Crippen molar-refractivity contribution >= 4 is 17.7 Å². The Balaban J connectivity index is 1.74. The van der Waals surface area contributed by atoms with Crippen LogP contribution in [0.3, 0.4) is 0 Å². The predicted octanol–water partition coefficient (Wildman–Crippen LogP) is 3.99. The number of anilines is 1. The standard InChI is InChI=1S/C25H32N2O4/c1-26(2)21-11-7-20(8-12-21)17-27(18-22-6-5-15-31-22)25(28)14-10-19-9-13-23(29-3)24(16-19)30-4/h7-14,16,22H,5-6,15,17-18H2,1-4H3/b14-10+. The molecule has 0 spiro atoms. The molecule has 1 fully saturated rings. The number of benzene rings is 2. The molecule has 1 aliphatic heterocycles. The van der Waals surface area contributed by atoms with Crippen molar-refractivity contribution in [1.29, 1.82) is 0 Å². The van der Waals surface area contributed by atoms with E-state index in [1.807, 2.05) is 43.3 Å². The van der Waals surface area contributed by atoms with Crippen LogP contribution in [0.15, 0.2) is 48.5 Å². The molecule has 0 saturated carbocycles. The molecule has 1 atom stereocenters. The lowest BCUT2D eigenvalue weighted by Gasteiger charge is -2.25. The van der Waals surface area contributed by atoms with E-state index < -0.39 is 0 Å². The van der Waals surface area contributed by atoms with Gasteiger partial charge in [0.1, 0.15) is 0 Å². The summed E-state index contributed by atoms with van der Waals surface area (Å²) < 4.78 is 16.4. The van der Waals surface area contributed by atoms with Crippen LogP contribution in [-0.4, -0.2) is 58.4 Å². The molecular formula is C25H32N2O4. The third-order valence-corrected chi connectivity index (χ3v) is 5.41. The molecule has 2 aromatic rings. The van der Waals surface area contributed by atoms with Gasteiger partial charge < -0.3 is 24.0 Å². The van der Waals surface area contributed by atoms with E-state index >= 15 is 0 Å². The van der Waals surface area contributed by atoms with Crippen LogP contribution in [0.1, 0.15) is 24.0 Å². The number of hydrogen-bond donors (Lipinski definition) is 0.